The molecule has 6 aromatic heterocycles. The summed E-state index contributed by atoms with van der Waals surface area (Å²) < 4.78 is 9.24. The highest BCUT2D eigenvalue weighted by Gasteiger charge is 2.16. The first-order valence-corrected chi connectivity index (χ1v) is 15.8. The van der Waals surface area contributed by atoms with Crippen molar-refractivity contribution in [1.29, 1.82) is 0 Å². The molecule has 0 aliphatic carbocycles. The predicted octanol–water partition coefficient (Wildman–Crippen LogP) is 6.21. The lowest BCUT2D eigenvalue weighted by Gasteiger charge is -2.11. The first-order chi connectivity index (χ1) is 21.8. The van der Waals surface area contributed by atoms with Gasteiger partial charge in [-0.25, -0.2) is 9.97 Å². The summed E-state index contributed by atoms with van der Waals surface area (Å²) >= 11 is 1.75. The molecule has 0 aliphatic heterocycles. The molecule has 240 valence electrons. The fourth-order valence-corrected chi connectivity index (χ4v) is 6.23. The number of hydrogen-bond donors (Lipinski definition) is 4. The summed E-state index contributed by atoms with van der Waals surface area (Å²) in [5.41, 5.74) is 23.7. The maximum absolute atomic E-state index is 11.6. The second kappa shape index (κ2) is 12.7. The molecule has 2 amide bonds. The van der Waals surface area contributed by atoms with Gasteiger partial charge in [0.05, 0.1) is 40.2 Å². The van der Waals surface area contributed by atoms with Gasteiger partial charge in [0.1, 0.15) is 5.76 Å². The molecular weight excluding hydrogens is 600 g/mol. The highest BCUT2D eigenvalue weighted by Crippen LogP contribution is 2.26. The maximum atomic E-state index is 11.6. The topological polar surface area (TPSA) is 158 Å². The highest BCUT2D eigenvalue weighted by atomic mass is 32.1. The Kier molecular flexibility index (Phi) is 8.93. The van der Waals surface area contributed by atoms with Gasteiger partial charge in [0.25, 0.3) is 0 Å². The van der Waals surface area contributed by atoms with Gasteiger partial charge < -0.3 is 35.3 Å². The maximum Gasteiger partial charge on any atom is 0.250 e. The van der Waals surface area contributed by atoms with E-state index in [9.17, 15) is 9.59 Å². The van der Waals surface area contributed by atoms with Crippen molar-refractivity contribution in [2.75, 3.05) is 10.6 Å². The molecule has 46 heavy (non-hydrogen) atoms. The molecule has 6 N–H and O–H groups in total. The number of anilines is 2. The molecule has 0 fully saturated rings. The van der Waals surface area contributed by atoms with E-state index in [0.29, 0.717) is 24.2 Å². The minimum Gasteiger partial charge on any atom is -0.469 e. The average molecular weight is 641 g/mol. The number of rotatable bonds is 8. The fourth-order valence-electron chi connectivity index (χ4n) is 5.36. The van der Waals surface area contributed by atoms with Crippen molar-refractivity contribution in [1.82, 2.24) is 18.8 Å². The molecule has 0 saturated heterocycles. The average Bonchev–Trinajstić information content (AvgIpc) is 3.70. The van der Waals surface area contributed by atoms with E-state index in [0.717, 1.165) is 62.3 Å². The summed E-state index contributed by atoms with van der Waals surface area (Å²) in [5.74, 6) is -0.0206. The van der Waals surface area contributed by atoms with Crippen LogP contribution in [0.2, 0.25) is 0 Å². The van der Waals surface area contributed by atoms with Crippen molar-refractivity contribution >= 4 is 45.8 Å². The van der Waals surface area contributed by atoms with Crippen LogP contribution in [0.4, 0.5) is 11.4 Å². The Balaban J connectivity index is 0.000000181. The molecule has 6 aromatic rings. The van der Waals surface area contributed by atoms with Crippen LogP contribution < -0.4 is 22.1 Å². The van der Waals surface area contributed by atoms with Gasteiger partial charge in [-0.2, -0.15) is 0 Å². The number of nitrogens with two attached hydrogens (primary N) is 2. The molecule has 0 atom stereocenters. The number of fused-ring (bicyclic) bond motifs is 2. The number of pyridine rings is 2. The smallest absolute Gasteiger partial charge is 0.250 e. The molecule has 0 aromatic carbocycles. The Labute approximate surface area is 271 Å². The van der Waals surface area contributed by atoms with Crippen molar-refractivity contribution in [3.05, 3.63) is 103 Å². The fraction of sp³-hybridized carbons (Fsp3) is 0.294. The van der Waals surface area contributed by atoms with E-state index in [2.05, 4.69) is 39.8 Å². The highest BCUT2D eigenvalue weighted by molar-refractivity contribution is 7.10. The van der Waals surface area contributed by atoms with E-state index < -0.39 is 11.8 Å². The third-order valence-corrected chi connectivity index (χ3v) is 9.57. The molecule has 0 aliphatic rings. The normalized spacial score (nSPS) is 11.1. The van der Waals surface area contributed by atoms with Crippen molar-refractivity contribution in [2.24, 2.45) is 11.5 Å². The third kappa shape index (κ3) is 6.20. The number of nitrogens with zero attached hydrogens (tertiary/aromatic N) is 4. The van der Waals surface area contributed by atoms with Gasteiger partial charge in [-0.15, -0.1) is 11.3 Å². The summed E-state index contributed by atoms with van der Waals surface area (Å²) in [6.45, 7) is 17.3. The Morgan fingerprint density at radius 1 is 0.761 bits per heavy atom. The predicted molar refractivity (Wildman–Crippen MR) is 183 cm³/mol. The number of furan rings is 1. The summed E-state index contributed by atoms with van der Waals surface area (Å²) in [5, 5.41) is 8.94. The van der Waals surface area contributed by atoms with Gasteiger partial charge in [0, 0.05) is 47.3 Å². The lowest BCUT2D eigenvalue weighted by atomic mass is 10.1. The van der Waals surface area contributed by atoms with Crippen LogP contribution >= 0.6 is 11.3 Å². The quantitative estimate of drug-likeness (QED) is 0.154. The monoisotopic (exact) mass is 640 g/mol. The van der Waals surface area contributed by atoms with Crippen LogP contribution in [0.5, 0.6) is 0 Å². The van der Waals surface area contributed by atoms with Gasteiger partial charge in [0.2, 0.25) is 11.8 Å². The zero-order valence-electron chi connectivity index (χ0n) is 27.5. The Bertz CT molecular complexity index is 1920. The molecule has 0 spiro atoms. The number of aromatic nitrogens is 4. The first-order valence-electron chi connectivity index (χ1n) is 14.9. The van der Waals surface area contributed by atoms with Gasteiger partial charge >= 0.3 is 0 Å². The molecule has 0 saturated carbocycles. The van der Waals surface area contributed by atoms with Gasteiger partial charge in [0.15, 0.2) is 11.3 Å². The van der Waals surface area contributed by atoms with E-state index >= 15 is 0 Å². The van der Waals surface area contributed by atoms with Crippen molar-refractivity contribution < 1.29 is 14.0 Å². The van der Waals surface area contributed by atoms with Crippen LogP contribution in [0, 0.1) is 55.4 Å². The zero-order chi connectivity index (χ0) is 33.4. The summed E-state index contributed by atoms with van der Waals surface area (Å²) in [4.78, 5) is 33.7. The van der Waals surface area contributed by atoms with E-state index in [1.807, 2.05) is 50.3 Å². The molecular formula is C34H40N8O3S. The van der Waals surface area contributed by atoms with E-state index in [1.165, 1.54) is 16.0 Å². The number of carbonyl (C=O) groups is 2. The second-order valence-electron chi connectivity index (χ2n) is 11.6. The molecule has 6 rings (SSSR count). The third-order valence-electron chi connectivity index (χ3n) is 8.50. The van der Waals surface area contributed by atoms with Crippen LogP contribution in [0.1, 0.15) is 76.4 Å². The molecule has 11 nitrogen and oxygen atoms in total. The number of amides is 2. The van der Waals surface area contributed by atoms with Gasteiger partial charge in [-0.05, 0) is 89.6 Å². The minimum atomic E-state index is -0.462. The molecule has 0 bridgehead atoms. The molecule has 0 unspecified atom stereocenters. The zero-order valence-corrected chi connectivity index (χ0v) is 28.3. The van der Waals surface area contributed by atoms with Crippen LogP contribution in [-0.4, -0.2) is 30.6 Å². The number of aryl methyl sites for hydroxylation is 8. The van der Waals surface area contributed by atoms with Crippen molar-refractivity contribution in [3.8, 4) is 0 Å². The number of nitrogens with one attached hydrogen (secondary N) is 2. The second-order valence-corrected chi connectivity index (χ2v) is 12.7. The van der Waals surface area contributed by atoms with E-state index in [1.54, 1.807) is 42.1 Å². The van der Waals surface area contributed by atoms with Crippen molar-refractivity contribution in [3.63, 3.8) is 0 Å². The number of hydrogen-bond acceptors (Lipinski definition) is 8. The van der Waals surface area contributed by atoms with Gasteiger partial charge in [-0.1, -0.05) is 0 Å². The molecule has 12 heteroatoms. The first kappa shape index (κ1) is 32.3. The largest absolute Gasteiger partial charge is 0.469 e. The number of primary amides is 2. The van der Waals surface area contributed by atoms with Crippen molar-refractivity contribution in [2.45, 2.75) is 68.5 Å². The van der Waals surface area contributed by atoms with E-state index in [4.69, 9.17) is 15.9 Å². The minimum absolute atomic E-state index is 0.441. The number of imidazole rings is 2. The lowest BCUT2D eigenvalue weighted by molar-refractivity contribution is 0.0991. The van der Waals surface area contributed by atoms with Gasteiger partial charge in [-0.3, -0.25) is 9.59 Å². The standard InChI is InChI=1S/C17H20N4O2.C17H20N4OS/c2*1-9-8-23-12(4)14(9)6-19-15-5-13(16(18)22)7-21-11(3)10(2)20-17(15)21/h2*5,7-8,19H,6H2,1-4H3,(H2,18,22). The Morgan fingerprint density at radius 3 is 1.63 bits per heavy atom. The Morgan fingerprint density at radius 2 is 1.24 bits per heavy atom. The lowest BCUT2D eigenvalue weighted by Crippen LogP contribution is -2.13. The van der Waals surface area contributed by atoms with Crippen LogP contribution in [0.25, 0.3) is 11.3 Å². The number of thiophene rings is 1. The SMILES string of the molecule is Cc1coc(C)c1CNc1cc(C(N)=O)cn2c(C)c(C)nc12.Cc1csc(C)c1CNc1cc(C(N)=O)cn2c(C)c(C)nc12. The Hall–Kier alpha value is -5.10. The molecule has 6 heterocycles. The van der Waals surface area contributed by atoms with Crippen LogP contribution in [-0.2, 0) is 13.1 Å². The van der Waals surface area contributed by atoms with Crippen LogP contribution in [0.3, 0.4) is 0 Å². The van der Waals surface area contributed by atoms with E-state index in [-0.39, 0.29) is 0 Å². The summed E-state index contributed by atoms with van der Waals surface area (Å²) in [6.07, 6.45) is 5.22. The summed E-state index contributed by atoms with van der Waals surface area (Å²) in [6, 6.07) is 3.52. The molecule has 0 radical (unpaired) electrons. The number of carbonyl (C=O) groups excluding carboxylic acids is 2. The van der Waals surface area contributed by atoms with Crippen LogP contribution in [0.15, 0.2) is 40.6 Å². The summed E-state index contributed by atoms with van der Waals surface area (Å²) in [7, 11) is 0.